The minimum absolute atomic E-state index is 0.211. The molecule has 1 heterocycles. The third-order valence-electron chi connectivity index (χ3n) is 5.41. The van der Waals surface area contributed by atoms with E-state index in [0.29, 0.717) is 17.7 Å². The van der Waals surface area contributed by atoms with Gasteiger partial charge in [-0.1, -0.05) is 60.7 Å². The van der Waals surface area contributed by atoms with Crippen molar-refractivity contribution in [3.63, 3.8) is 0 Å². The summed E-state index contributed by atoms with van der Waals surface area (Å²) >= 11 is 0. The molecule has 1 aliphatic rings. The highest BCUT2D eigenvalue weighted by Crippen LogP contribution is 2.27. The molecule has 1 aliphatic heterocycles. The topological polar surface area (TPSA) is 85.6 Å². The van der Waals surface area contributed by atoms with Gasteiger partial charge in [0.25, 0.3) is 5.91 Å². The van der Waals surface area contributed by atoms with Crippen molar-refractivity contribution < 1.29 is 9.59 Å². The molecule has 0 radical (unpaired) electrons. The van der Waals surface area contributed by atoms with Crippen LogP contribution in [0.1, 0.15) is 28.7 Å². The molecule has 0 bridgehead atoms. The van der Waals surface area contributed by atoms with Gasteiger partial charge in [-0.05, 0) is 30.2 Å². The lowest BCUT2D eigenvalue weighted by Crippen LogP contribution is -2.46. The number of fused-ring (bicyclic) bond motifs is 1. The maximum atomic E-state index is 13.1. The fraction of sp³-hybridized carbons (Fsp3) is 0.154. The minimum Gasteiger partial charge on any atom is -0.327 e. The molecule has 158 valence electrons. The normalized spacial score (nSPS) is 15.2. The Morgan fingerprint density at radius 3 is 2.44 bits per heavy atom. The lowest BCUT2D eigenvalue weighted by atomic mass is 10.0. The largest absolute Gasteiger partial charge is 0.327 e. The van der Waals surface area contributed by atoms with Gasteiger partial charge in [-0.3, -0.25) is 9.59 Å². The van der Waals surface area contributed by atoms with Crippen molar-refractivity contribution in [2.24, 2.45) is 4.99 Å². The zero-order valence-corrected chi connectivity index (χ0v) is 17.7. The number of likely N-dealkylation sites (N-methyl/N-ethyl adjacent to an activating group) is 1. The van der Waals surface area contributed by atoms with E-state index in [9.17, 15) is 9.59 Å². The highest BCUT2D eigenvalue weighted by Gasteiger charge is 2.30. The van der Waals surface area contributed by atoms with Gasteiger partial charge in [0.2, 0.25) is 12.1 Å². The second kappa shape index (κ2) is 9.27. The molecule has 4 rings (SSSR count). The Labute approximate surface area is 186 Å². The number of para-hydroxylation sites is 1. The molecule has 6 heteroatoms. The van der Waals surface area contributed by atoms with Crippen LogP contribution in [0.3, 0.4) is 0 Å². The van der Waals surface area contributed by atoms with Crippen molar-refractivity contribution in [3.05, 3.63) is 101 Å². The van der Waals surface area contributed by atoms with Crippen LogP contribution in [0.25, 0.3) is 0 Å². The summed E-state index contributed by atoms with van der Waals surface area (Å²) in [5.74, 6) is -0.557. The van der Waals surface area contributed by atoms with E-state index < -0.39 is 6.17 Å². The first-order valence-corrected chi connectivity index (χ1v) is 10.4. The van der Waals surface area contributed by atoms with E-state index in [1.165, 1.54) is 0 Å². The molecule has 3 aromatic carbocycles. The third-order valence-corrected chi connectivity index (χ3v) is 5.41. The SMILES string of the molecule is CN1C(=O)[C@H](NC(=O)CCc2ccc(C#N)cc2)N=C(c2ccccc2)c2ccccc21. The first-order chi connectivity index (χ1) is 15.6. The van der Waals surface area contributed by atoms with Crippen LogP contribution in [0.2, 0.25) is 0 Å². The predicted octanol–water partition coefficient (Wildman–Crippen LogP) is 3.45. The second-order valence-electron chi connectivity index (χ2n) is 7.54. The molecule has 1 N–H and O–H groups in total. The Kier molecular flexibility index (Phi) is 6.09. The van der Waals surface area contributed by atoms with Gasteiger partial charge in [0, 0.05) is 24.6 Å². The minimum atomic E-state index is -1.02. The number of carbonyl (C=O) groups excluding carboxylic acids is 2. The van der Waals surface area contributed by atoms with Gasteiger partial charge < -0.3 is 10.2 Å². The molecule has 0 saturated heterocycles. The summed E-state index contributed by atoms with van der Waals surface area (Å²) in [4.78, 5) is 32.1. The molecule has 0 fully saturated rings. The van der Waals surface area contributed by atoms with Crippen LogP contribution in [0, 0.1) is 11.3 Å². The number of rotatable bonds is 5. The zero-order valence-electron chi connectivity index (χ0n) is 17.7. The molecule has 0 unspecified atom stereocenters. The Morgan fingerprint density at radius 2 is 1.72 bits per heavy atom. The van der Waals surface area contributed by atoms with Gasteiger partial charge in [0.1, 0.15) is 0 Å². The van der Waals surface area contributed by atoms with Gasteiger partial charge in [0.15, 0.2) is 0 Å². The van der Waals surface area contributed by atoms with E-state index in [0.717, 1.165) is 22.4 Å². The highest BCUT2D eigenvalue weighted by atomic mass is 16.2. The van der Waals surface area contributed by atoms with E-state index in [4.69, 9.17) is 10.3 Å². The molecule has 0 aliphatic carbocycles. The predicted molar refractivity (Wildman–Crippen MR) is 123 cm³/mol. The van der Waals surface area contributed by atoms with Crippen LogP contribution >= 0.6 is 0 Å². The number of aliphatic imine (C=N–C) groups is 1. The monoisotopic (exact) mass is 422 g/mol. The summed E-state index contributed by atoms with van der Waals surface area (Å²) in [7, 11) is 1.69. The second-order valence-corrected chi connectivity index (χ2v) is 7.54. The maximum absolute atomic E-state index is 13.1. The van der Waals surface area contributed by atoms with Gasteiger partial charge in [-0.25, -0.2) is 4.99 Å². The molecule has 3 aromatic rings. The van der Waals surface area contributed by atoms with Crippen molar-refractivity contribution in [3.8, 4) is 6.07 Å². The van der Waals surface area contributed by atoms with Crippen LogP contribution in [-0.4, -0.2) is 30.7 Å². The molecule has 0 spiro atoms. The van der Waals surface area contributed by atoms with Crippen LogP contribution in [0.5, 0.6) is 0 Å². The number of hydrogen-bond acceptors (Lipinski definition) is 4. The summed E-state index contributed by atoms with van der Waals surface area (Å²) in [5, 5.41) is 11.7. The van der Waals surface area contributed by atoms with Crippen molar-refractivity contribution in [2.75, 3.05) is 11.9 Å². The fourth-order valence-corrected chi connectivity index (χ4v) is 3.67. The van der Waals surface area contributed by atoms with Gasteiger partial charge in [-0.2, -0.15) is 5.26 Å². The Bertz CT molecular complexity index is 1210. The number of carbonyl (C=O) groups is 2. The summed E-state index contributed by atoms with van der Waals surface area (Å²) in [5.41, 5.74) is 4.64. The average Bonchev–Trinajstić information content (AvgIpc) is 2.94. The first-order valence-electron chi connectivity index (χ1n) is 10.4. The van der Waals surface area contributed by atoms with Crippen molar-refractivity contribution in [2.45, 2.75) is 19.0 Å². The number of benzene rings is 3. The number of aryl methyl sites for hydroxylation is 1. The smallest absolute Gasteiger partial charge is 0.272 e. The van der Waals surface area contributed by atoms with Crippen LogP contribution in [0.15, 0.2) is 83.9 Å². The maximum Gasteiger partial charge on any atom is 0.272 e. The number of nitriles is 1. The molecular weight excluding hydrogens is 400 g/mol. The standard InChI is InChI=1S/C26H22N4O2/c1-30-22-10-6-5-9-21(22)24(20-7-3-2-4-8-20)29-25(26(30)32)28-23(31)16-15-18-11-13-19(17-27)14-12-18/h2-14,25H,15-16H2,1H3,(H,28,31)/t25-/m1/s1. The molecule has 0 saturated carbocycles. The third kappa shape index (κ3) is 4.42. The number of hydrogen-bond donors (Lipinski definition) is 1. The zero-order chi connectivity index (χ0) is 22.5. The van der Waals surface area contributed by atoms with E-state index in [1.54, 1.807) is 24.1 Å². The number of benzodiazepines with no additional fused rings is 1. The van der Waals surface area contributed by atoms with Gasteiger partial charge in [0.05, 0.1) is 23.0 Å². The Hall–Kier alpha value is -4.24. The Morgan fingerprint density at radius 1 is 1.03 bits per heavy atom. The number of nitrogens with zero attached hydrogens (tertiary/aromatic N) is 3. The lowest BCUT2D eigenvalue weighted by Gasteiger charge is -2.20. The molecule has 2 amide bonds. The van der Waals surface area contributed by atoms with Crippen LogP contribution in [0.4, 0.5) is 5.69 Å². The van der Waals surface area contributed by atoms with Crippen LogP contribution in [-0.2, 0) is 16.0 Å². The highest BCUT2D eigenvalue weighted by molar-refractivity contribution is 6.20. The Balaban J connectivity index is 1.58. The van der Waals surface area contributed by atoms with E-state index in [2.05, 4.69) is 11.4 Å². The summed E-state index contributed by atoms with van der Waals surface area (Å²) < 4.78 is 0. The molecule has 6 nitrogen and oxygen atoms in total. The van der Waals surface area contributed by atoms with E-state index in [1.807, 2.05) is 66.7 Å². The van der Waals surface area contributed by atoms with E-state index >= 15 is 0 Å². The fourth-order valence-electron chi connectivity index (χ4n) is 3.67. The quantitative estimate of drug-likeness (QED) is 0.683. The van der Waals surface area contributed by atoms with Gasteiger partial charge in [-0.15, -0.1) is 0 Å². The molecule has 1 atom stereocenters. The summed E-state index contributed by atoms with van der Waals surface area (Å²) in [6.45, 7) is 0. The summed E-state index contributed by atoms with van der Waals surface area (Å²) in [6.07, 6.45) is -0.303. The van der Waals surface area contributed by atoms with Crippen molar-refractivity contribution in [1.82, 2.24) is 5.32 Å². The van der Waals surface area contributed by atoms with Crippen molar-refractivity contribution in [1.29, 1.82) is 5.26 Å². The molecule has 0 aromatic heterocycles. The van der Waals surface area contributed by atoms with E-state index in [-0.39, 0.29) is 18.2 Å². The molecule has 32 heavy (non-hydrogen) atoms. The first kappa shape index (κ1) is 21.0. The van der Waals surface area contributed by atoms with Crippen LogP contribution < -0.4 is 10.2 Å². The number of nitrogens with one attached hydrogen (secondary N) is 1. The number of anilines is 1. The van der Waals surface area contributed by atoms with Crippen molar-refractivity contribution >= 4 is 23.2 Å². The molecular formula is C26H22N4O2. The van der Waals surface area contributed by atoms with Gasteiger partial charge >= 0.3 is 0 Å². The lowest BCUT2D eigenvalue weighted by molar-refractivity contribution is -0.127. The summed E-state index contributed by atoms with van der Waals surface area (Å²) in [6, 6.07) is 26.4. The average molecular weight is 422 g/mol. The number of amides is 2.